The average molecular weight is 295 g/mol. The Hall–Kier alpha value is -2.62. The molecule has 2 aromatic rings. The van der Waals surface area contributed by atoms with Crippen molar-refractivity contribution in [2.45, 2.75) is 6.42 Å². The van der Waals surface area contributed by atoms with E-state index >= 15 is 0 Å². The zero-order valence-corrected chi connectivity index (χ0v) is 12.3. The minimum atomic E-state index is -0.936. The molecule has 0 bridgehead atoms. The van der Waals surface area contributed by atoms with E-state index < -0.39 is 5.97 Å². The molecule has 1 N–H and O–H groups in total. The Morgan fingerprint density at radius 2 is 1.86 bits per heavy atom. The van der Waals surface area contributed by atoms with E-state index in [9.17, 15) is 9.59 Å². The first-order valence-electron chi connectivity index (χ1n) is 7.23. The van der Waals surface area contributed by atoms with Gasteiger partial charge in [-0.1, -0.05) is 24.3 Å². The molecule has 22 heavy (non-hydrogen) atoms. The maximum absolute atomic E-state index is 12.6. The molecule has 1 unspecified atom stereocenters. The lowest BCUT2D eigenvalue weighted by Gasteiger charge is -2.32. The molecule has 1 aliphatic rings. The Kier molecular flexibility index (Phi) is 3.67. The molecule has 0 saturated heterocycles. The van der Waals surface area contributed by atoms with Gasteiger partial charge in [0.2, 0.25) is 0 Å². The first kappa shape index (κ1) is 14.3. The van der Waals surface area contributed by atoms with Crippen LogP contribution in [0.4, 0.5) is 5.69 Å². The standard InChI is InChI=1S/C18H17NO3/c1-19-11-14(17(20)15-4-2-3-5-16(15)19)10-12-6-8-13(9-7-12)18(21)22/h2-9,14H,10-11H2,1H3,(H,21,22). The number of aromatic carboxylic acids is 1. The van der Waals surface area contributed by atoms with Gasteiger partial charge in [-0.25, -0.2) is 4.79 Å². The summed E-state index contributed by atoms with van der Waals surface area (Å²) in [4.78, 5) is 25.6. The Balaban J connectivity index is 1.82. The fraction of sp³-hybridized carbons (Fsp3) is 0.222. The predicted octanol–water partition coefficient (Wildman–Crippen LogP) is 2.88. The van der Waals surface area contributed by atoms with Crippen LogP contribution in [0.5, 0.6) is 0 Å². The molecule has 0 spiro atoms. The van der Waals surface area contributed by atoms with Gasteiger partial charge in [0.1, 0.15) is 0 Å². The third-order valence-electron chi connectivity index (χ3n) is 4.13. The number of Topliss-reactive ketones (excluding diaryl/α,β-unsaturated/α-hetero) is 1. The number of hydrogen-bond acceptors (Lipinski definition) is 3. The fourth-order valence-electron chi connectivity index (χ4n) is 2.97. The summed E-state index contributed by atoms with van der Waals surface area (Å²) in [5.74, 6) is -0.874. The topological polar surface area (TPSA) is 57.6 Å². The molecule has 4 nitrogen and oxygen atoms in total. The maximum atomic E-state index is 12.6. The number of para-hydroxylation sites is 1. The normalized spacial score (nSPS) is 17.2. The monoisotopic (exact) mass is 295 g/mol. The molecule has 4 heteroatoms. The number of nitrogens with zero attached hydrogens (tertiary/aromatic N) is 1. The van der Waals surface area contributed by atoms with Crippen LogP contribution in [0.2, 0.25) is 0 Å². The van der Waals surface area contributed by atoms with Crippen LogP contribution in [0.3, 0.4) is 0 Å². The highest BCUT2D eigenvalue weighted by atomic mass is 16.4. The molecular formula is C18H17NO3. The van der Waals surface area contributed by atoms with E-state index in [2.05, 4.69) is 4.90 Å². The molecule has 0 fully saturated rings. The number of anilines is 1. The van der Waals surface area contributed by atoms with E-state index in [1.807, 2.05) is 31.3 Å². The van der Waals surface area contributed by atoms with Gasteiger partial charge in [-0.15, -0.1) is 0 Å². The van der Waals surface area contributed by atoms with Crippen molar-refractivity contribution in [1.29, 1.82) is 0 Å². The predicted molar refractivity (Wildman–Crippen MR) is 84.6 cm³/mol. The van der Waals surface area contributed by atoms with Gasteiger partial charge < -0.3 is 10.0 Å². The van der Waals surface area contributed by atoms with Crippen molar-refractivity contribution in [2.75, 3.05) is 18.5 Å². The summed E-state index contributed by atoms with van der Waals surface area (Å²) in [7, 11) is 1.99. The number of carboxylic acid groups (broad SMARTS) is 1. The number of fused-ring (bicyclic) bond motifs is 1. The van der Waals surface area contributed by atoms with Gasteiger partial charge in [0.05, 0.1) is 5.56 Å². The minimum absolute atomic E-state index is 0.101. The Morgan fingerprint density at radius 1 is 1.18 bits per heavy atom. The molecule has 2 aromatic carbocycles. The maximum Gasteiger partial charge on any atom is 0.335 e. The molecular weight excluding hydrogens is 278 g/mol. The van der Waals surface area contributed by atoms with Gasteiger partial charge in [0.25, 0.3) is 0 Å². The fourth-order valence-corrected chi connectivity index (χ4v) is 2.97. The number of rotatable bonds is 3. The lowest BCUT2D eigenvalue weighted by Crippen LogP contribution is -2.37. The highest BCUT2D eigenvalue weighted by Gasteiger charge is 2.29. The zero-order valence-electron chi connectivity index (χ0n) is 12.3. The second-order valence-electron chi connectivity index (χ2n) is 5.67. The zero-order chi connectivity index (χ0) is 15.7. The van der Waals surface area contributed by atoms with Crippen molar-refractivity contribution in [3.8, 4) is 0 Å². The third kappa shape index (κ3) is 2.60. The molecule has 1 heterocycles. The minimum Gasteiger partial charge on any atom is -0.478 e. The number of carbonyl (C=O) groups excluding carboxylic acids is 1. The molecule has 1 aliphatic heterocycles. The van der Waals surface area contributed by atoms with Crippen LogP contribution in [0, 0.1) is 5.92 Å². The second-order valence-corrected chi connectivity index (χ2v) is 5.67. The third-order valence-corrected chi connectivity index (χ3v) is 4.13. The highest BCUT2D eigenvalue weighted by Crippen LogP contribution is 2.30. The summed E-state index contributed by atoms with van der Waals surface area (Å²) in [6.45, 7) is 0.677. The van der Waals surface area contributed by atoms with Crippen LogP contribution in [0.15, 0.2) is 48.5 Å². The van der Waals surface area contributed by atoms with Gasteiger partial charge in [-0.2, -0.15) is 0 Å². The van der Waals surface area contributed by atoms with E-state index in [4.69, 9.17) is 5.11 Å². The first-order valence-corrected chi connectivity index (χ1v) is 7.23. The van der Waals surface area contributed by atoms with Crippen LogP contribution >= 0.6 is 0 Å². The van der Waals surface area contributed by atoms with Crippen molar-refractivity contribution in [1.82, 2.24) is 0 Å². The quantitative estimate of drug-likeness (QED) is 0.946. The molecule has 3 rings (SSSR count). The second kappa shape index (κ2) is 5.64. The molecule has 0 amide bonds. The van der Waals surface area contributed by atoms with Crippen LogP contribution in [-0.4, -0.2) is 30.5 Å². The van der Waals surface area contributed by atoms with E-state index in [1.54, 1.807) is 24.3 Å². The van der Waals surface area contributed by atoms with E-state index in [1.165, 1.54) is 0 Å². The summed E-state index contributed by atoms with van der Waals surface area (Å²) in [5, 5.41) is 8.92. The van der Waals surface area contributed by atoms with Crippen molar-refractivity contribution >= 4 is 17.4 Å². The van der Waals surface area contributed by atoms with E-state index in [0.717, 1.165) is 16.8 Å². The molecule has 0 aliphatic carbocycles. The van der Waals surface area contributed by atoms with Crippen LogP contribution in [-0.2, 0) is 6.42 Å². The molecule has 0 saturated carbocycles. The largest absolute Gasteiger partial charge is 0.478 e. The SMILES string of the molecule is CN1CC(Cc2ccc(C(=O)O)cc2)C(=O)c2ccccc21. The van der Waals surface area contributed by atoms with Gasteiger partial charge in [-0.05, 0) is 36.2 Å². The highest BCUT2D eigenvalue weighted by molar-refractivity contribution is 6.04. The Bertz CT molecular complexity index is 721. The van der Waals surface area contributed by atoms with E-state index in [0.29, 0.717) is 13.0 Å². The van der Waals surface area contributed by atoms with Gasteiger partial charge in [-0.3, -0.25) is 4.79 Å². The molecule has 112 valence electrons. The summed E-state index contributed by atoms with van der Waals surface area (Å²) in [6, 6.07) is 14.4. The number of carboxylic acids is 1. The van der Waals surface area contributed by atoms with Gasteiger partial charge >= 0.3 is 5.97 Å². The number of hydrogen-bond donors (Lipinski definition) is 1. The Labute approximate surface area is 129 Å². The van der Waals surface area contributed by atoms with Gasteiger partial charge in [0.15, 0.2) is 5.78 Å². The van der Waals surface area contributed by atoms with Crippen LogP contribution < -0.4 is 4.90 Å². The lowest BCUT2D eigenvalue weighted by molar-refractivity contribution is 0.0696. The smallest absolute Gasteiger partial charge is 0.335 e. The lowest BCUT2D eigenvalue weighted by atomic mass is 9.86. The molecule has 0 radical (unpaired) electrons. The van der Waals surface area contributed by atoms with Crippen molar-refractivity contribution in [3.63, 3.8) is 0 Å². The van der Waals surface area contributed by atoms with Crippen LogP contribution in [0.1, 0.15) is 26.3 Å². The van der Waals surface area contributed by atoms with E-state index in [-0.39, 0.29) is 17.3 Å². The number of carbonyl (C=O) groups is 2. The summed E-state index contributed by atoms with van der Waals surface area (Å²) in [6.07, 6.45) is 0.622. The molecule has 1 atom stereocenters. The number of benzene rings is 2. The van der Waals surface area contributed by atoms with Crippen molar-refractivity contribution in [3.05, 3.63) is 65.2 Å². The summed E-state index contributed by atoms with van der Waals surface area (Å²) in [5.41, 5.74) is 2.99. The first-order chi connectivity index (χ1) is 10.6. The average Bonchev–Trinajstić information content (AvgIpc) is 2.53. The Morgan fingerprint density at radius 3 is 2.55 bits per heavy atom. The summed E-state index contributed by atoms with van der Waals surface area (Å²) < 4.78 is 0. The summed E-state index contributed by atoms with van der Waals surface area (Å²) >= 11 is 0. The number of ketones is 1. The van der Waals surface area contributed by atoms with Gasteiger partial charge in [0, 0.05) is 30.8 Å². The van der Waals surface area contributed by atoms with Crippen LogP contribution in [0.25, 0.3) is 0 Å². The van der Waals surface area contributed by atoms with Crippen molar-refractivity contribution < 1.29 is 14.7 Å². The molecule has 0 aromatic heterocycles. The van der Waals surface area contributed by atoms with Crippen molar-refractivity contribution in [2.24, 2.45) is 5.92 Å².